The Hall–Kier alpha value is -1.54. The smallest absolute Gasteiger partial charge is 0.329 e. The summed E-state index contributed by atoms with van der Waals surface area (Å²) in [6.45, 7) is -0.113. The molecule has 1 amide bonds. The summed E-state index contributed by atoms with van der Waals surface area (Å²) < 4.78 is 9.03. The molecule has 0 saturated carbocycles. The summed E-state index contributed by atoms with van der Waals surface area (Å²) in [5, 5.41) is 2.39. The van der Waals surface area contributed by atoms with Gasteiger partial charge in [-0.2, -0.15) is 0 Å². The Morgan fingerprint density at radius 2 is 2.14 bits per heavy atom. The molecule has 0 aromatic carbocycles. The molecule has 0 aliphatic heterocycles. The number of carbonyl (C=O) groups excluding carboxylic acids is 2. The van der Waals surface area contributed by atoms with Crippen LogP contribution < -0.4 is 5.32 Å². The van der Waals surface area contributed by atoms with Gasteiger partial charge in [0.05, 0.1) is 7.11 Å². The Morgan fingerprint density at radius 1 is 1.50 bits per heavy atom. The molecule has 0 aromatic rings. The zero-order valence-electron chi connectivity index (χ0n) is 8.20. The van der Waals surface area contributed by atoms with E-state index in [9.17, 15) is 9.59 Å². The normalized spacial score (nSPS) is 11.2. The molecule has 0 radical (unpaired) electrons. The van der Waals surface area contributed by atoms with Gasteiger partial charge in [0.25, 0.3) is 0 Å². The third-order valence-electron chi connectivity index (χ3n) is 1.42. The predicted octanol–water partition coefficient (Wildman–Crippen LogP) is -0.686. The molecule has 5 nitrogen and oxygen atoms in total. The Kier molecular flexibility index (Phi) is 6.16. The highest BCUT2D eigenvalue weighted by Crippen LogP contribution is 1.93. The fourth-order valence-electron chi connectivity index (χ4n) is 0.820. The van der Waals surface area contributed by atoms with Gasteiger partial charge in [-0.1, -0.05) is 0 Å². The van der Waals surface area contributed by atoms with Gasteiger partial charge in [-0.15, -0.1) is 12.3 Å². The van der Waals surface area contributed by atoms with E-state index in [0.29, 0.717) is 0 Å². The molecule has 0 spiro atoms. The van der Waals surface area contributed by atoms with E-state index in [2.05, 4.69) is 20.7 Å². The topological polar surface area (TPSA) is 64.6 Å². The molecule has 78 valence electrons. The van der Waals surface area contributed by atoms with Crippen molar-refractivity contribution in [1.29, 1.82) is 0 Å². The lowest BCUT2D eigenvalue weighted by Gasteiger charge is -2.13. The monoisotopic (exact) mass is 199 g/mol. The van der Waals surface area contributed by atoms with Crippen molar-refractivity contribution < 1.29 is 19.1 Å². The van der Waals surface area contributed by atoms with E-state index in [1.54, 1.807) is 0 Å². The number of carbonyl (C=O) groups is 2. The number of amides is 1. The van der Waals surface area contributed by atoms with Crippen LogP contribution in [0.5, 0.6) is 0 Å². The maximum Gasteiger partial charge on any atom is 0.329 e. The Labute approximate surface area is 82.8 Å². The third-order valence-corrected chi connectivity index (χ3v) is 1.42. The van der Waals surface area contributed by atoms with Gasteiger partial charge in [-0.3, -0.25) is 4.79 Å². The highest BCUT2D eigenvalue weighted by atomic mass is 16.5. The number of hydrogen-bond donors (Lipinski definition) is 1. The van der Waals surface area contributed by atoms with Crippen LogP contribution in [-0.4, -0.2) is 38.7 Å². The van der Waals surface area contributed by atoms with Crippen LogP contribution >= 0.6 is 0 Å². The average Bonchev–Trinajstić information content (AvgIpc) is 2.16. The third kappa shape index (κ3) is 4.48. The van der Waals surface area contributed by atoms with Crippen molar-refractivity contribution in [2.75, 3.05) is 20.8 Å². The lowest BCUT2D eigenvalue weighted by atomic mass is 10.2. The number of nitrogens with one attached hydrogen (secondary N) is 1. The van der Waals surface area contributed by atoms with Gasteiger partial charge in [0.15, 0.2) is 0 Å². The summed E-state index contributed by atoms with van der Waals surface area (Å²) in [5.41, 5.74) is 0. The molecule has 0 fully saturated rings. The van der Waals surface area contributed by atoms with Gasteiger partial charge in [-0.05, 0) is 0 Å². The fraction of sp³-hybridized carbons (Fsp3) is 0.556. The zero-order valence-corrected chi connectivity index (χ0v) is 8.20. The lowest BCUT2D eigenvalue weighted by Crippen LogP contribution is -2.42. The van der Waals surface area contributed by atoms with Crippen LogP contribution in [0.4, 0.5) is 0 Å². The minimum Gasteiger partial charge on any atom is -0.467 e. The Morgan fingerprint density at radius 3 is 2.57 bits per heavy atom. The SMILES string of the molecule is C#CC[C@H](NC(=O)COC)C(=O)OC. The van der Waals surface area contributed by atoms with Crippen molar-refractivity contribution in [2.45, 2.75) is 12.5 Å². The first-order valence-electron chi connectivity index (χ1n) is 3.95. The maximum atomic E-state index is 11.1. The molecule has 0 aliphatic carbocycles. The van der Waals surface area contributed by atoms with Crippen LogP contribution in [0.15, 0.2) is 0 Å². The largest absolute Gasteiger partial charge is 0.467 e. The van der Waals surface area contributed by atoms with E-state index in [0.717, 1.165) is 0 Å². The molecule has 5 heteroatoms. The quantitative estimate of drug-likeness (QED) is 0.470. The first-order valence-corrected chi connectivity index (χ1v) is 3.95. The second-order valence-corrected chi connectivity index (χ2v) is 2.48. The molecule has 0 bridgehead atoms. The van der Waals surface area contributed by atoms with E-state index in [1.165, 1.54) is 14.2 Å². The second kappa shape index (κ2) is 6.92. The number of rotatable bonds is 5. The lowest BCUT2D eigenvalue weighted by molar-refractivity contribution is -0.145. The molecule has 0 heterocycles. The summed E-state index contributed by atoms with van der Waals surface area (Å²) in [7, 11) is 2.61. The summed E-state index contributed by atoms with van der Waals surface area (Å²) in [4.78, 5) is 22.1. The van der Waals surface area contributed by atoms with Gasteiger partial charge >= 0.3 is 5.97 Å². The molecule has 1 N–H and O–H groups in total. The molecule has 1 atom stereocenters. The van der Waals surface area contributed by atoms with Gasteiger partial charge < -0.3 is 14.8 Å². The molecule has 0 aromatic heterocycles. The van der Waals surface area contributed by atoms with E-state index in [4.69, 9.17) is 6.42 Å². The first-order chi connectivity index (χ1) is 6.65. The number of methoxy groups -OCH3 is 2. The van der Waals surface area contributed by atoms with Crippen LogP contribution in [0.2, 0.25) is 0 Å². The summed E-state index contributed by atoms with van der Waals surface area (Å²) in [6, 6.07) is -0.798. The van der Waals surface area contributed by atoms with Gasteiger partial charge in [0.2, 0.25) is 5.91 Å². The molecular weight excluding hydrogens is 186 g/mol. The molecule has 0 aliphatic rings. The number of ether oxygens (including phenoxy) is 2. The van der Waals surface area contributed by atoms with Crippen LogP contribution in [0.25, 0.3) is 0 Å². The van der Waals surface area contributed by atoms with E-state index >= 15 is 0 Å². The van der Waals surface area contributed by atoms with Gasteiger partial charge in [0.1, 0.15) is 12.6 Å². The van der Waals surface area contributed by atoms with E-state index < -0.39 is 17.9 Å². The Balaban J connectivity index is 4.16. The van der Waals surface area contributed by atoms with Crippen molar-refractivity contribution in [3.05, 3.63) is 0 Å². The van der Waals surface area contributed by atoms with Crippen LogP contribution in [0.3, 0.4) is 0 Å². The second-order valence-electron chi connectivity index (χ2n) is 2.48. The summed E-state index contributed by atoms with van der Waals surface area (Å²) in [6.07, 6.45) is 5.13. The van der Waals surface area contributed by atoms with Crippen molar-refractivity contribution in [3.8, 4) is 12.3 Å². The molecule has 0 saturated heterocycles. The minimum atomic E-state index is -0.798. The maximum absolute atomic E-state index is 11.1. The van der Waals surface area contributed by atoms with Crippen molar-refractivity contribution in [3.63, 3.8) is 0 Å². The van der Waals surface area contributed by atoms with Crippen molar-refractivity contribution in [1.82, 2.24) is 5.32 Å². The van der Waals surface area contributed by atoms with Gasteiger partial charge in [0, 0.05) is 13.5 Å². The highest BCUT2D eigenvalue weighted by molar-refractivity contribution is 5.85. The van der Waals surface area contributed by atoms with Crippen LogP contribution in [0.1, 0.15) is 6.42 Å². The standard InChI is InChI=1S/C9H13NO4/c1-4-5-7(9(12)14-3)10-8(11)6-13-2/h1,7H,5-6H2,2-3H3,(H,10,11)/t7-/m0/s1. The molecule has 0 unspecified atom stereocenters. The van der Waals surface area contributed by atoms with Crippen LogP contribution in [-0.2, 0) is 19.1 Å². The average molecular weight is 199 g/mol. The van der Waals surface area contributed by atoms with Crippen LogP contribution in [0, 0.1) is 12.3 Å². The number of terminal acetylenes is 1. The Bertz CT molecular complexity index is 244. The number of hydrogen-bond acceptors (Lipinski definition) is 4. The van der Waals surface area contributed by atoms with Crippen molar-refractivity contribution >= 4 is 11.9 Å². The predicted molar refractivity (Wildman–Crippen MR) is 49.3 cm³/mol. The number of esters is 1. The summed E-state index contributed by atoms with van der Waals surface area (Å²) in [5.74, 6) is 1.31. The van der Waals surface area contributed by atoms with Crippen molar-refractivity contribution in [2.24, 2.45) is 0 Å². The fourth-order valence-corrected chi connectivity index (χ4v) is 0.820. The summed E-state index contributed by atoms with van der Waals surface area (Å²) >= 11 is 0. The zero-order chi connectivity index (χ0) is 11.0. The molecular formula is C9H13NO4. The first kappa shape index (κ1) is 12.5. The van der Waals surface area contributed by atoms with E-state index in [-0.39, 0.29) is 13.0 Å². The minimum absolute atomic E-state index is 0.0993. The molecule has 14 heavy (non-hydrogen) atoms. The van der Waals surface area contributed by atoms with E-state index in [1.807, 2.05) is 0 Å². The van der Waals surface area contributed by atoms with Gasteiger partial charge in [-0.25, -0.2) is 4.79 Å². The molecule has 0 rings (SSSR count). The highest BCUT2D eigenvalue weighted by Gasteiger charge is 2.19.